The van der Waals surface area contributed by atoms with Crippen molar-refractivity contribution in [3.8, 4) is 22.8 Å². The number of nitrogens with zero attached hydrogens (tertiary/aromatic N) is 6. The van der Waals surface area contributed by atoms with Crippen LogP contribution < -0.4 is 14.4 Å². The molecule has 2 aliphatic rings. The minimum atomic E-state index is -0.780. The normalized spacial score (nSPS) is 16.8. The predicted molar refractivity (Wildman–Crippen MR) is 132 cm³/mol. The molecule has 0 fully saturated rings. The van der Waals surface area contributed by atoms with Crippen molar-refractivity contribution in [2.45, 2.75) is 45.8 Å². The highest BCUT2D eigenvalue weighted by Gasteiger charge is 2.37. The average Bonchev–Trinajstić information content (AvgIpc) is 3.55. The molecule has 1 atom stereocenters. The SMILES string of the molecule is Cc1ncn(C)c1-c1cc2c(n3cnnc13)N(C(=O)OC(C)(C)C)Cc1c(F)ccc3c1[C@H](CO3)CO2. The van der Waals surface area contributed by atoms with E-state index in [9.17, 15) is 4.79 Å². The zero-order chi connectivity index (χ0) is 26.1. The van der Waals surface area contributed by atoms with Gasteiger partial charge < -0.3 is 18.8 Å². The number of benzene rings is 1. The number of aryl methyl sites for hydroxylation is 2. The smallest absolute Gasteiger partial charge is 0.416 e. The number of hydrogen-bond acceptors (Lipinski definition) is 7. The van der Waals surface area contributed by atoms with Crippen molar-refractivity contribution >= 4 is 17.6 Å². The monoisotopic (exact) mass is 506 g/mol. The molecule has 2 aliphatic heterocycles. The third-order valence-corrected chi connectivity index (χ3v) is 6.62. The first-order valence-electron chi connectivity index (χ1n) is 12.0. The number of hydrogen-bond donors (Lipinski definition) is 0. The zero-order valence-corrected chi connectivity index (χ0v) is 21.3. The van der Waals surface area contributed by atoms with Crippen LogP contribution in [0.25, 0.3) is 16.9 Å². The van der Waals surface area contributed by atoms with Crippen LogP contribution in [-0.4, -0.2) is 49.1 Å². The largest absolute Gasteiger partial charge is 0.493 e. The second-order valence-electron chi connectivity index (χ2n) is 10.4. The topological polar surface area (TPSA) is 96.0 Å². The number of carbonyl (C=O) groups is 1. The molecular formula is C26H27FN6O4. The average molecular weight is 507 g/mol. The van der Waals surface area contributed by atoms with Crippen molar-refractivity contribution in [2.75, 3.05) is 18.1 Å². The van der Waals surface area contributed by atoms with Gasteiger partial charge in [0.25, 0.3) is 0 Å². The molecule has 4 aromatic rings. The Labute approximate surface area is 212 Å². The van der Waals surface area contributed by atoms with Gasteiger partial charge in [0.1, 0.15) is 23.5 Å². The van der Waals surface area contributed by atoms with Crippen LogP contribution in [0, 0.1) is 12.7 Å². The number of fused-ring (bicyclic) bond motifs is 3. The van der Waals surface area contributed by atoms with E-state index in [1.54, 1.807) is 37.6 Å². The molecule has 0 saturated carbocycles. The molecule has 0 bridgehead atoms. The van der Waals surface area contributed by atoms with E-state index in [1.807, 2.05) is 24.6 Å². The van der Waals surface area contributed by atoms with Crippen molar-refractivity contribution in [1.29, 1.82) is 0 Å². The maximum atomic E-state index is 15.3. The molecule has 0 unspecified atom stereocenters. The number of anilines is 1. The standard InChI is InChI=1S/C26H27FN6O4/c1-14-22(31(5)12-28-14)16-8-20-24(33-13-29-30-23(16)33)32(25(34)37-26(2,3)4)9-17-18(27)6-7-19-21(17)15(10-35-19)11-36-20/h6-8,12-13,15H,9-11H2,1-5H3/t15-/m1/s1. The Morgan fingerprint density at radius 1 is 1.16 bits per heavy atom. The van der Waals surface area contributed by atoms with Gasteiger partial charge in [0.15, 0.2) is 17.2 Å². The summed E-state index contributed by atoms with van der Waals surface area (Å²) in [5.41, 5.74) is 3.19. The summed E-state index contributed by atoms with van der Waals surface area (Å²) in [5, 5.41) is 8.50. The van der Waals surface area contributed by atoms with Crippen LogP contribution in [0.15, 0.2) is 30.9 Å². The van der Waals surface area contributed by atoms with Gasteiger partial charge in [-0.15, -0.1) is 10.2 Å². The fourth-order valence-electron chi connectivity index (χ4n) is 5.08. The summed E-state index contributed by atoms with van der Waals surface area (Å²) in [4.78, 5) is 19.5. The number of imidazole rings is 1. The summed E-state index contributed by atoms with van der Waals surface area (Å²) in [6, 6.07) is 4.83. The Kier molecular flexibility index (Phi) is 5.15. The van der Waals surface area contributed by atoms with Gasteiger partial charge >= 0.3 is 6.09 Å². The van der Waals surface area contributed by atoms with Crippen molar-refractivity contribution in [3.05, 3.63) is 53.5 Å². The van der Waals surface area contributed by atoms with Crippen molar-refractivity contribution in [2.24, 2.45) is 7.05 Å². The van der Waals surface area contributed by atoms with Crippen molar-refractivity contribution in [3.63, 3.8) is 0 Å². The number of ether oxygens (including phenoxy) is 3. The Bertz CT molecular complexity index is 1530. The predicted octanol–water partition coefficient (Wildman–Crippen LogP) is 4.39. The van der Waals surface area contributed by atoms with Gasteiger partial charge in [-0.05, 0) is 45.9 Å². The van der Waals surface area contributed by atoms with Gasteiger partial charge in [0.05, 0.1) is 43.4 Å². The molecule has 0 saturated heterocycles. The summed E-state index contributed by atoms with van der Waals surface area (Å²) >= 11 is 0. The van der Waals surface area contributed by atoms with Crippen molar-refractivity contribution < 1.29 is 23.4 Å². The molecule has 37 heavy (non-hydrogen) atoms. The number of amides is 1. The van der Waals surface area contributed by atoms with Gasteiger partial charge in [-0.3, -0.25) is 9.30 Å². The minimum absolute atomic E-state index is 0.0858. The summed E-state index contributed by atoms with van der Waals surface area (Å²) in [5.74, 6) is 0.742. The number of aromatic nitrogens is 5. The van der Waals surface area contributed by atoms with E-state index in [2.05, 4.69) is 15.2 Å². The zero-order valence-electron chi connectivity index (χ0n) is 21.3. The van der Waals surface area contributed by atoms with Gasteiger partial charge in [0.2, 0.25) is 0 Å². The maximum absolute atomic E-state index is 15.3. The van der Waals surface area contributed by atoms with Gasteiger partial charge in [-0.1, -0.05) is 0 Å². The lowest BCUT2D eigenvalue weighted by atomic mass is 9.95. The van der Waals surface area contributed by atoms with Crippen LogP contribution >= 0.6 is 0 Å². The lowest BCUT2D eigenvalue weighted by Crippen LogP contribution is -2.38. The number of rotatable bonds is 1. The van der Waals surface area contributed by atoms with Crippen LogP contribution in [0.4, 0.5) is 15.0 Å². The second-order valence-corrected chi connectivity index (χ2v) is 10.4. The highest BCUT2D eigenvalue weighted by Crippen LogP contribution is 2.44. The maximum Gasteiger partial charge on any atom is 0.416 e. The van der Waals surface area contributed by atoms with Crippen LogP contribution in [0.5, 0.6) is 11.5 Å². The van der Waals surface area contributed by atoms with Crippen molar-refractivity contribution in [1.82, 2.24) is 24.1 Å². The number of pyridine rings is 1. The molecule has 1 amide bonds. The Morgan fingerprint density at radius 3 is 2.62 bits per heavy atom. The quantitative estimate of drug-likeness (QED) is 0.378. The summed E-state index contributed by atoms with van der Waals surface area (Å²) in [6.45, 7) is 7.77. The van der Waals surface area contributed by atoms with Crippen LogP contribution in [-0.2, 0) is 18.3 Å². The number of carbonyl (C=O) groups excluding carboxylic acids is 1. The van der Waals surface area contributed by atoms with Crippen LogP contribution in [0.3, 0.4) is 0 Å². The van der Waals surface area contributed by atoms with E-state index in [1.165, 1.54) is 17.3 Å². The molecule has 5 heterocycles. The fraction of sp³-hybridized carbons (Fsp3) is 0.385. The molecule has 11 heteroatoms. The minimum Gasteiger partial charge on any atom is -0.493 e. The van der Waals surface area contributed by atoms with E-state index in [0.29, 0.717) is 40.7 Å². The highest BCUT2D eigenvalue weighted by molar-refractivity contribution is 5.92. The first-order valence-corrected chi connectivity index (χ1v) is 12.0. The highest BCUT2D eigenvalue weighted by atomic mass is 19.1. The molecule has 0 radical (unpaired) electrons. The van der Waals surface area contributed by atoms with E-state index in [0.717, 1.165) is 17.0 Å². The molecule has 1 aromatic carbocycles. The molecule has 10 nitrogen and oxygen atoms in total. The number of halogens is 1. The van der Waals surface area contributed by atoms with E-state index < -0.39 is 17.5 Å². The Hall–Kier alpha value is -4.15. The van der Waals surface area contributed by atoms with Gasteiger partial charge in [-0.25, -0.2) is 14.2 Å². The third-order valence-electron chi connectivity index (χ3n) is 6.62. The molecule has 192 valence electrons. The second kappa shape index (κ2) is 8.19. The Morgan fingerprint density at radius 2 is 1.92 bits per heavy atom. The summed E-state index contributed by atoms with van der Waals surface area (Å²) in [6.07, 6.45) is 2.60. The molecular weight excluding hydrogens is 479 g/mol. The molecule has 6 rings (SSSR count). The molecule has 0 N–H and O–H groups in total. The third kappa shape index (κ3) is 3.76. The molecule has 0 aliphatic carbocycles. The molecule has 3 aromatic heterocycles. The van der Waals surface area contributed by atoms with E-state index >= 15 is 4.39 Å². The molecule has 0 spiro atoms. The summed E-state index contributed by atoms with van der Waals surface area (Å²) in [7, 11) is 1.90. The van der Waals surface area contributed by atoms with E-state index in [4.69, 9.17) is 14.2 Å². The van der Waals surface area contributed by atoms with Crippen LogP contribution in [0.1, 0.15) is 43.5 Å². The summed E-state index contributed by atoms with van der Waals surface area (Å²) < 4.78 is 36.9. The van der Waals surface area contributed by atoms with Gasteiger partial charge in [-0.2, -0.15) is 0 Å². The van der Waals surface area contributed by atoms with Gasteiger partial charge in [0, 0.05) is 23.7 Å². The lowest BCUT2D eigenvalue weighted by Gasteiger charge is -2.29. The van der Waals surface area contributed by atoms with E-state index in [-0.39, 0.29) is 19.1 Å². The Balaban J connectivity index is 1.62. The van der Waals surface area contributed by atoms with Crippen LogP contribution in [0.2, 0.25) is 0 Å². The fourth-order valence-corrected chi connectivity index (χ4v) is 5.08. The lowest BCUT2D eigenvalue weighted by molar-refractivity contribution is 0.0574. The first kappa shape index (κ1) is 23.3. The first-order chi connectivity index (χ1) is 17.6.